The highest BCUT2D eigenvalue weighted by Crippen LogP contribution is 2.39. The van der Waals surface area contributed by atoms with Gasteiger partial charge in [-0.3, -0.25) is 4.57 Å². The molecule has 0 saturated carbocycles. The van der Waals surface area contributed by atoms with Crippen LogP contribution < -0.4 is 20.7 Å². The lowest BCUT2D eigenvalue weighted by Crippen LogP contribution is -2.74. The topological polar surface area (TPSA) is 31.0 Å². The zero-order valence-electron chi connectivity index (χ0n) is 29.9. The fourth-order valence-corrected chi connectivity index (χ4v) is 14.6. The van der Waals surface area contributed by atoms with E-state index in [1.165, 1.54) is 43.1 Å². The van der Waals surface area contributed by atoms with E-state index in [0.717, 1.165) is 55.0 Å². The molecule has 3 nitrogen and oxygen atoms in total. The first-order chi connectivity index (χ1) is 27.3. The summed E-state index contributed by atoms with van der Waals surface area (Å²) in [5, 5.41) is 8.71. The quantitative estimate of drug-likeness (QED) is 0.126. The summed E-state index contributed by atoms with van der Waals surface area (Å²) < 4.78 is 8.88. The van der Waals surface area contributed by atoms with Gasteiger partial charge in [0, 0.05) is 22.1 Å². The summed E-state index contributed by atoms with van der Waals surface area (Å²) in [6.07, 6.45) is 0. The minimum absolute atomic E-state index is 0.893. The Bertz CT molecular complexity index is 3020. The van der Waals surface area contributed by atoms with Gasteiger partial charge in [-0.1, -0.05) is 176 Å². The molecule has 55 heavy (non-hydrogen) atoms. The highest BCUT2D eigenvalue weighted by atomic mass is 32.2. The van der Waals surface area contributed by atoms with Crippen molar-refractivity contribution in [3.05, 3.63) is 200 Å². The van der Waals surface area contributed by atoms with Crippen LogP contribution in [-0.2, 0) is 5.75 Å². The molecule has 1 aliphatic heterocycles. The molecular weight excluding hydrogens is 705 g/mol. The normalized spacial score (nSPS) is 12.6. The van der Waals surface area contributed by atoms with Gasteiger partial charge in [-0.2, -0.15) is 0 Å². The van der Waals surface area contributed by atoms with Gasteiger partial charge in [0.1, 0.15) is 11.2 Å². The van der Waals surface area contributed by atoms with Crippen molar-refractivity contribution < 1.29 is 4.42 Å². The maximum Gasteiger partial charge on any atom is 0.179 e. The third-order valence-electron chi connectivity index (χ3n) is 11.3. The van der Waals surface area contributed by atoms with Gasteiger partial charge < -0.3 is 4.42 Å². The Kier molecular flexibility index (Phi) is 7.51. The van der Waals surface area contributed by atoms with Crippen LogP contribution in [0.1, 0.15) is 5.56 Å². The van der Waals surface area contributed by atoms with E-state index >= 15 is 0 Å². The maximum atomic E-state index is 6.56. The third kappa shape index (κ3) is 5.08. The molecule has 0 amide bonds. The summed E-state index contributed by atoms with van der Waals surface area (Å²) in [6, 6.07) is 71.2. The first kappa shape index (κ1) is 32.1. The summed E-state index contributed by atoms with van der Waals surface area (Å²) in [4.78, 5) is 4.93. The van der Waals surface area contributed by atoms with Crippen molar-refractivity contribution in [2.45, 2.75) is 10.9 Å². The minimum atomic E-state index is -2.87. The summed E-state index contributed by atoms with van der Waals surface area (Å²) in [7, 11) is -2.87. The minimum Gasteiger partial charge on any atom is -0.455 e. The van der Waals surface area contributed by atoms with Crippen molar-refractivity contribution in [2.24, 2.45) is 0 Å². The van der Waals surface area contributed by atoms with Crippen molar-refractivity contribution in [1.29, 1.82) is 0 Å². The molecule has 8 aromatic carbocycles. The second kappa shape index (κ2) is 12.9. The second-order valence-corrected chi connectivity index (χ2v) is 19.0. The first-order valence-corrected chi connectivity index (χ1v) is 21.7. The largest absolute Gasteiger partial charge is 0.455 e. The fourth-order valence-electron chi connectivity index (χ4n) is 8.78. The average Bonchev–Trinajstić information content (AvgIpc) is 3.84. The van der Waals surface area contributed by atoms with Crippen molar-refractivity contribution in [2.75, 3.05) is 0 Å². The van der Waals surface area contributed by atoms with Crippen LogP contribution in [0.15, 0.2) is 204 Å². The Hall–Kier alpha value is -6.40. The zero-order valence-corrected chi connectivity index (χ0v) is 31.7. The van der Waals surface area contributed by atoms with E-state index in [2.05, 4.69) is 193 Å². The molecular formula is C50H34N2OSSi. The lowest BCUT2D eigenvalue weighted by molar-refractivity contribution is 0.670. The number of imidazole rings is 1. The molecule has 0 unspecified atom stereocenters. The molecule has 0 bridgehead atoms. The number of benzene rings is 8. The van der Waals surface area contributed by atoms with Crippen LogP contribution >= 0.6 is 11.8 Å². The number of hydrogen-bond donors (Lipinski definition) is 0. The van der Waals surface area contributed by atoms with Gasteiger partial charge in [-0.25, -0.2) is 4.98 Å². The molecule has 10 aromatic rings. The molecule has 11 rings (SSSR count). The van der Waals surface area contributed by atoms with Gasteiger partial charge in [0.2, 0.25) is 0 Å². The number of nitrogens with zero attached hydrogens (tertiary/aromatic N) is 2. The smallest absolute Gasteiger partial charge is 0.179 e. The number of aromatic nitrogens is 2. The predicted molar refractivity (Wildman–Crippen MR) is 232 cm³/mol. The lowest BCUT2D eigenvalue weighted by Gasteiger charge is -2.35. The molecule has 0 radical (unpaired) electrons. The van der Waals surface area contributed by atoms with Crippen LogP contribution in [0.25, 0.3) is 60.9 Å². The summed E-state index contributed by atoms with van der Waals surface area (Å²) in [5.41, 5.74) is 11.3. The van der Waals surface area contributed by atoms with E-state index in [9.17, 15) is 0 Å². The number of hydrogen-bond acceptors (Lipinski definition) is 3. The molecule has 5 heteroatoms. The maximum absolute atomic E-state index is 6.56. The van der Waals surface area contributed by atoms with Crippen LogP contribution in [0.5, 0.6) is 0 Å². The Morgan fingerprint density at radius 3 is 1.93 bits per heavy atom. The standard InChI is InChI=1S/C50H34N2OSSi/c1-3-16-38(17-4-1)55(39-18-5-2-6-19-39,41-21-12-15-36(32-41)42-23-13-24-44-43-22-7-10-27-48(43)53-49(42)44)40-20-11-14-34(31-40)35-28-29-46-37(30-35)33-54-50-51-45-25-8-9-26-47(45)52(46)50/h1-32H,33H2. The van der Waals surface area contributed by atoms with Gasteiger partial charge in [-0.15, -0.1) is 0 Å². The molecule has 260 valence electrons. The fraction of sp³-hybridized carbons (Fsp3) is 0.0200. The zero-order chi connectivity index (χ0) is 36.3. The summed E-state index contributed by atoms with van der Waals surface area (Å²) >= 11 is 1.81. The molecule has 0 fully saturated rings. The Balaban J connectivity index is 1.11. The van der Waals surface area contributed by atoms with E-state index in [-0.39, 0.29) is 0 Å². The number of furan rings is 1. The third-order valence-corrected chi connectivity index (χ3v) is 17.0. The SMILES string of the molecule is c1ccc([Si](c2ccccc2)(c2cccc(-c3ccc4c(c3)CSc3nc5ccccc5n3-4)c2)c2cccc(-c3cccc4c3oc3ccccc34)c2)cc1. The van der Waals surface area contributed by atoms with E-state index in [4.69, 9.17) is 9.40 Å². The molecule has 0 aliphatic carbocycles. The Morgan fingerprint density at radius 2 is 1.13 bits per heavy atom. The predicted octanol–water partition coefficient (Wildman–Crippen LogP) is 10.2. The van der Waals surface area contributed by atoms with Crippen LogP contribution in [0.4, 0.5) is 0 Å². The average molecular weight is 739 g/mol. The molecule has 0 saturated heterocycles. The van der Waals surface area contributed by atoms with Crippen LogP contribution in [0.3, 0.4) is 0 Å². The van der Waals surface area contributed by atoms with Crippen LogP contribution in [-0.4, -0.2) is 17.6 Å². The van der Waals surface area contributed by atoms with E-state index in [1.807, 2.05) is 17.8 Å². The first-order valence-electron chi connectivity index (χ1n) is 18.7. The van der Waals surface area contributed by atoms with Gasteiger partial charge in [-0.05, 0) is 73.3 Å². The van der Waals surface area contributed by atoms with Crippen LogP contribution in [0.2, 0.25) is 0 Å². The molecule has 3 heterocycles. The van der Waals surface area contributed by atoms with E-state index in [1.54, 1.807) is 0 Å². The van der Waals surface area contributed by atoms with E-state index < -0.39 is 8.07 Å². The van der Waals surface area contributed by atoms with Crippen molar-refractivity contribution >= 4 is 73.6 Å². The van der Waals surface area contributed by atoms with Gasteiger partial charge >= 0.3 is 0 Å². The number of thioether (sulfide) groups is 1. The Morgan fingerprint density at radius 1 is 0.509 bits per heavy atom. The van der Waals surface area contributed by atoms with Crippen molar-refractivity contribution in [3.63, 3.8) is 0 Å². The summed E-state index contributed by atoms with van der Waals surface area (Å²) in [6.45, 7) is 0. The molecule has 1 aliphatic rings. The lowest BCUT2D eigenvalue weighted by atomic mass is 10.0. The van der Waals surface area contributed by atoms with Gasteiger partial charge in [0.25, 0.3) is 0 Å². The number of fused-ring (bicyclic) bond motifs is 8. The van der Waals surface area contributed by atoms with Crippen molar-refractivity contribution in [1.82, 2.24) is 9.55 Å². The Labute approximate surface area is 324 Å². The van der Waals surface area contributed by atoms with E-state index in [0.29, 0.717) is 0 Å². The number of rotatable bonds is 6. The molecule has 0 N–H and O–H groups in total. The molecule has 0 spiro atoms. The molecule has 0 atom stereocenters. The van der Waals surface area contributed by atoms with Crippen molar-refractivity contribution in [3.8, 4) is 27.9 Å². The molecule has 2 aromatic heterocycles. The highest BCUT2D eigenvalue weighted by molar-refractivity contribution is 7.98. The van der Waals surface area contributed by atoms with Gasteiger partial charge in [0.05, 0.1) is 16.7 Å². The monoisotopic (exact) mass is 738 g/mol. The summed E-state index contributed by atoms with van der Waals surface area (Å²) in [5.74, 6) is 0.893. The van der Waals surface area contributed by atoms with Gasteiger partial charge in [0.15, 0.2) is 13.2 Å². The van der Waals surface area contributed by atoms with Crippen LogP contribution in [0, 0.1) is 0 Å². The number of para-hydroxylation sites is 4. The second-order valence-electron chi connectivity index (χ2n) is 14.3. The highest BCUT2D eigenvalue weighted by Gasteiger charge is 2.41.